The van der Waals surface area contributed by atoms with E-state index in [0.29, 0.717) is 12.5 Å². The van der Waals surface area contributed by atoms with E-state index in [4.69, 9.17) is 4.74 Å². The molecule has 1 saturated heterocycles. The van der Waals surface area contributed by atoms with Crippen molar-refractivity contribution in [3.8, 4) is 0 Å². The highest BCUT2D eigenvalue weighted by Gasteiger charge is 2.12. The summed E-state index contributed by atoms with van der Waals surface area (Å²) in [6, 6.07) is 0. The number of morpholine rings is 1. The molecule has 172 valence electrons. The summed E-state index contributed by atoms with van der Waals surface area (Å²) in [7, 11) is 0. The van der Waals surface area contributed by atoms with E-state index in [1.165, 1.54) is 77.0 Å². The van der Waals surface area contributed by atoms with Crippen LogP contribution in [0.1, 0.15) is 117 Å². The van der Waals surface area contributed by atoms with Gasteiger partial charge in [-0.15, -0.1) is 0 Å². The Hall–Kier alpha value is -0.610. The Kier molecular flexibility index (Phi) is 17.6. The van der Waals surface area contributed by atoms with Gasteiger partial charge in [-0.25, -0.2) is 0 Å². The predicted molar refractivity (Wildman–Crippen MR) is 124 cm³/mol. The van der Waals surface area contributed by atoms with Gasteiger partial charge in [0.1, 0.15) is 0 Å². The van der Waals surface area contributed by atoms with Gasteiger partial charge in [-0.3, -0.25) is 4.79 Å². The molecule has 0 bridgehead atoms. The van der Waals surface area contributed by atoms with Crippen molar-refractivity contribution in [2.45, 2.75) is 123 Å². The highest BCUT2D eigenvalue weighted by molar-refractivity contribution is 5.75. The van der Waals surface area contributed by atoms with Crippen LogP contribution in [0.3, 0.4) is 0 Å². The lowest BCUT2D eigenvalue weighted by Crippen LogP contribution is -2.38. The van der Waals surface area contributed by atoms with Gasteiger partial charge in [0.15, 0.2) is 0 Å². The number of rotatable bonds is 19. The van der Waals surface area contributed by atoms with E-state index in [1.54, 1.807) is 0 Å². The van der Waals surface area contributed by atoms with E-state index >= 15 is 0 Å². The van der Waals surface area contributed by atoms with Gasteiger partial charge in [0, 0.05) is 26.1 Å². The van der Waals surface area contributed by atoms with Gasteiger partial charge < -0.3 is 15.4 Å². The molecule has 4 heteroatoms. The number of hydrogen-bond acceptors (Lipinski definition) is 3. The van der Waals surface area contributed by atoms with Gasteiger partial charge in [-0.1, -0.05) is 90.9 Å². The molecule has 1 rings (SSSR count). The van der Waals surface area contributed by atoms with Crippen molar-refractivity contribution in [3.05, 3.63) is 0 Å². The molecule has 0 aromatic carbocycles. The number of hydrogen-bond donors (Lipinski definition) is 2. The van der Waals surface area contributed by atoms with E-state index < -0.39 is 0 Å². The Morgan fingerprint density at radius 1 is 0.897 bits per heavy atom. The van der Waals surface area contributed by atoms with Crippen LogP contribution in [0.2, 0.25) is 0 Å². The van der Waals surface area contributed by atoms with Gasteiger partial charge >= 0.3 is 0 Å². The molecular formula is C25H50N2O2. The zero-order valence-electron chi connectivity index (χ0n) is 19.6. The van der Waals surface area contributed by atoms with E-state index in [9.17, 15) is 4.79 Å². The van der Waals surface area contributed by atoms with Crippen LogP contribution in [0, 0.1) is 5.92 Å². The molecule has 1 heterocycles. The molecule has 0 spiro atoms. The van der Waals surface area contributed by atoms with E-state index in [2.05, 4.69) is 24.5 Å². The number of nitrogens with one attached hydrogen (secondary N) is 2. The third kappa shape index (κ3) is 17.9. The fraction of sp³-hybridized carbons (Fsp3) is 0.960. The topological polar surface area (TPSA) is 50.4 Å². The molecule has 0 aromatic heterocycles. The van der Waals surface area contributed by atoms with Crippen molar-refractivity contribution in [1.82, 2.24) is 10.6 Å². The molecule has 1 amide bonds. The quantitative estimate of drug-likeness (QED) is 0.257. The average molecular weight is 411 g/mol. The second-order valence-corrected chi connectivity index (χ2v) is 9.36. The SMILES string of the molecule is CC(C)CCCCCCCCCCCCCCC(=O)NCCCC1CNCCO1. The van der Waals surface area contributed by atoms with Crippen molar-refractivity contribution < 1.29 is 9.53 Å². The van der Waals surface area contributed by atoms with Crippen LogP contribution in [0.15, 0.2) is 0 Å². The van der Waals surface area contributed by atoms with Crippen LogP contribution in [-0.4, -0.2) is 38.3 Å². The summed E-state index contributed by atoms with van der Waals surface area (Å²) in [5.41, 5.74) is 0. The van der Waals surface area contributed by atoms with Crippen LogP contribution < -0.4 is 10.6 Å². The maximum absolute atomic E-state index is 11.9. The molecule has 1 atom stereocenters. The second kappa shape index (κ2) is 19.4. The second-order valence-electron chi connectivity index (χ2n) is 9.36. The summed E-state index contributed by atoms with van der Waals surface area (Å²) in [5, 5.41) is 6.40. The maximum Gasteiger partial charge on any atom is 0.219 e. The van der Waals surface area contributed by atoms with Crippen molar-refractivity contribution >= 4 is 5.91 Å². The fourth-order valence-corrected chi connectivity index (χ4v) is 4.06. The van der Waals surface area contributed by atoms with Gasteiger partial charge in [0.2, 0.25) is 5.91 Å². The molecule has 1 aliphatic heterocycles. The summed E-state index contributed by atoms with van der Waals surface area (Å²) in [6.45, 7) is 8.16. The van der Waals surface area contributed by atoms with Crippen LogP contribution in [-0.2, 0) is 9.53 Å². The van der Waals surface area contributed by atoms with E-state index in [0.717, 1.165) is 51.4 Å². The summed E-state index contributed by atoms with van der Waals surface area (Å²) < 4.78 is 5.67. The van der Waals surface area contributed by atoms with Crippen LogP contribution >= 0.6 is 0 Å². The van der Waals surface area contributed by atoms with Crippen molar-refractivity contribution in [1.29, 1.82) is 0 Å². The first-order valence-electron chi connectivity index (χ1n) is 12.8. The zero-order chi connectivity index (χ0) is 21.0. The Morgan fingerprint density at radius 3 is 2.03 bits per heavy atom. The predicted octanol–water partition coefficient (Wildman–Crippen LogP) is 5.99. The molecule has 1 unspecified atom stereocenters. The molecule has 0 aromatic rings. The van der Waals surface area contributed by atoms with Crippen LogP contribution in [0.4, 0.5) is 0 Å². The summed E-state index contributed by atoms with van der Waals surface area (Å²) in [6.07, 6.45) is 20.6. The molecule has 1 aliphatic rings. The fourth-order valence-electron chi connectivity index (χ4n) is 4.06. The standard InChI is InChI=1S/C25H50N2O2/c1-23(2)16-13-11-9-7-5-3-4-6-8-10-12-14-18-25(28)27-19-15-17-24-22-26-20-21-29-24/h23-24,26H,3-22H2,1-2H3,(H,27,28). The molecule has 0 aliphatic carbocycles. The Balaban J connectivity index is 1.73. The lowest BCUT2D eigenvalue weighted by Gasteiger charge is -2.23. The molecule has 0 radical (unpaired) electrons. The first-order valence-corrected chi connectivity index (χ1v) is 12.8. The monoisotopic (exact) mass is 410 g/mol. The van der Waals surface area contributed by atoms with Crippen molar-refractivity contribution in [3.63, 3.8) is 0 Å². The Labute approximate surface area is 181 Å². The molecule has 1 fully saturated rings. The summed E-state index contributed by atoms with van der Waals surface area (Å²) in [5.74, 6) is 1.09. The minimum absolute atomic E-state index is 0.223. The average Bonchev–Trinajstić information content (AvgIpc) is 2.72. The smallest absolute Gasteiger partial charge is 0.219 e. The highest BCUT2D eigenvalue weighted by atomic mass is 16.5. The van der Waals surface area contributed by atoms with Crippen LogP contribution in [0.5, 0.6) is 0 Å². The minimum atomic E-state index is 0.223. The first kappa shape index (κ1) is 26.4. The van der Waals surface area contributed by atoms with Crippen molar-refractivity contribution in [2.75, 3.05) is 26.2 Å². The third-order valence-electron chi connectivity index (χ3n) is 5.96. The van der Waals surface area contributed by atoms with Gasteiger partial charge in [0.25, 0.3) is 0 Å². The van der Waals surface area contributed by atoms with Gasteiger partial charge in [-0.05, 0) is 25.2 Å². The minimum Gasteiger partial charge on any atom is -0.376 e. The third-order valence-corrected chi connectivity index (χ3v) is 5.96. The Morgan fingerprint density at radius 2 is 1.48 bits per heavy atom. The molecule has 4 nitrogen and oxygen atoms in total. The molecule has 29 heavy (non-hydrogen) atoms. The summed E-state index contributed by atoms with van der Waals surface area (Å²) >= 11 is 0. The number of ether oxygens (including phenoxy) is 1. The summed E-state index contributed by atoms with van der Waals surface area (Å²) in [4.78, 5) is 11.9. The largest absolute Gasteiger partial charge is 0.376 e. The van der Waals surface area contributed by atoms with Crippen molar-refractivity contribution in [2.24, 2.45) is 5.92 Å². The van der Waals surface area contributed by atoms with Gasteiger partial charge in [-0.2, -0.15) is 0 Å². The van der Waals surface area contributed by atoms with Crippen LogP contribution in [0.25, 0.3) is 0 Å². The lowest BCUT2D eigenvalue weighted by atomic mass is 10.0. The van der Waals surface area contributed by atoms with Gasteiger partial charge in [0.05, 0.1) is 12.7 Å². The van der Waals surface area contributed by atoms with E-state index in [1.807, 2.05) is 0 Å². The number of amides is 1. The first-order chi connectivity index (χ1) is 14.2. The highest BCUT2D eigenvalue weighted by Crippen LogP contribution is 2.14. The molecular weight excluding hydrogens is 360 g/mol. The zero-order valence-corrected chi connectivity index (χ0v) is 19.6. The van der Waals surface area contributed by atoms with E-state index in [-0.39, 0.29) is 5.91 Å². The number of unbranched alkanes of at least 4 members (excludes halogenated alkanes) is 11. The Bertz CT molecular complexity index is 368. The maximum atomic E-state index is 11.9. The number of carbonyl (C=O) groups is 1. The molecule has 0 saturated carbocycles. The number of carbonyl (C=O) groups excluding carboxylic acids is 1. The normalized spacial score (nSPS) is 17.0. The molecule has 2 N–H and O–H groups in total. The lowest BCUT2D eigenvalue weighted by molar-refractivity contribution is -0.121.